The van der Waals surface area contributed by atoms with Gasteiger partial charge in [0.1, 0.15) is 6.04 Å². The van der Waals surface area contributed by atoms with Crippen LogP contribution in [0.3, 0.4) is 0 Å². The first-order valence-corrected chi connectivity index (χ1v) is 7.73. The minimum absolute atomic E-state index is 0.0207. The van der Waals surface area contributed by atoms with Gasteiger partial charge in [0.05, 0.1) is 0 Å². The molecule has 1 aromatic rings. The Bertz CT molecular complexity index is 480. The van der Waals surface area contributed by atoms with E-state index in [9.17, 15) is 9.59 Å². The molecule has 0 aliphatic carbocycles. The highest BCUT2D eigenvalue weighted by Gasteiger charge is 2.18. The maximum absolute atomic E-state index is 11.8. The van der Waals surface area contributed by atoms with Gasteiger partial charge >= 0.3 is 5.97 Å². The van der Waals surface area contributed by atoms with Gasteiger partial charge in [0.15, 0.2) is 5.11 Å². The predicted octanol–water partition coefficient (Wildman–Crippen LogP) is 1.50. The summed E-state index contributed by atoms with van der Waals surface area (Å²) in [6.07, 6.45) is 2.33. The van der Waals surface area contributed by atoms with E-state index < -0.39 is 12.0 Å². The number of carbonyl (C=O) groups excluding carboxylic acids is 1. The summed E-state index contributed by atoms with van der Waals surface area (Å²) in [6.45, 7) is 0. The Kier molecular flexibility index (Phi) is 7.03. The van der Waals surface area contributed by atoms with E-state index >= 15 is 0 Å². The second-order valence-electron chi connectivity index (χ2n) is 3.97. The number of rotatable bonds is 6. The van der Waals surface area contributed by atoms with Crippen LogP contribution < -0.4 is 10.6 Å². The fourth-order valence-corrected chi connectivity index (χ4v) is 2.16. The number of amides is 1. The molecule has 0 aliphatic rings. The molecule has 5 nitrogen and oxygen atoms in total. The summed E-state index contributed by atoms with van der Waals surface area (Å²) in [5.74, 6) is -0.661. The molecule has 20 heavy (non-hydrogen) atoms. The molecule has 0 aromatic heterocycles. The summed E-state index contributed by atoms with van der Waals surface area (Å²) < 4.78 is 0. The largest absolute Gasteiger partial charge is 0.480 e. The number of aliphatic carboxylic acids is 1. The van der Waals surface area contributed by atoms with E-state index in [1.54, 1.807) is 42.1 Å². The molecular weight excluding hydrogens is 296 g/mol. The maximum Gasteiger partial charge on any atom is 0.326 e. The SMILES string of the molecule is CSCCC(NC(=S)NC(=O)c1ccccc1)C(=O)O. The highest BCUT2D eigenvalue weighted by molar-refractivity contribution is 7.98. The minimum atomic E-state index is -0.990. The van der Waals surface area contributed by atoms with Gasteiger partial charge in [0.2, 0.25) is 0 Å². The van der Waals surface area contributed by atoms with Crippen molar-refractivity contribution in [1.29, 1.82) is 0 Å². The quantitative estimate of drug-likeness (QED) is 0.691. The van der Waals surface area contributed by atoms with Gasteiger partial charge in [-0.15, -0.1) is 0 Å². The highest BCUT2D eigenvalue weighted by atomic mass is 32.2. The number of nitrogens with one attached hydrogen (secondary N) is 2. The van der Waals surface area contributed by atoms with Gasteiger partial charge in [-0.3, -0.25) is 10.1 Å². The first kappa shape index (κ1) is 16.5. The lowest BCUT2D eigenvalue weighted by Gasteiger charge is -2.16. The Morgan fingerprint density at radius 1 is 1.35 bits per heavy atom. The van der Waals surface area contributed by atoms with Crippen molar-refractivity contribution in [3.63, 3.8) is 0 Å². The molecule has 1 rings (SSSR count). The lowest BCUT2D eigenvalue weighted by atomic mass is 10.2. The molecule has 0 heterocycles. The van der Waals surface area contributed by atoms with Gasteiger partial charge in [-0.05, 0) is 42.8 Å². The molecule has 108 valence electrons. The lowest BCUT2D eigenvalue weighted by Crippen LogP contribution is -2.47. The molecule has 0 bridgehead atoms. The summed E-state index contributed by atoms with van der Waals surface area (Å²) in [4.78, 5) is 22.9. The van der Waals surface area contributed by atoms with Crippen LogP contribution in [0.15, 0.2) is 30.3 Å². The molecule has 3 N–H and O–H groups in total. The smallest absolute Gasteiger partial charge is 0.326 e. The van der Waals surface area contributed by atoms with E-state index in [0.717, 1.165) is 0 Å². The zero-order valence-electron chi connectivity index (χ0n) is 11.0. The molecule has 0 fully saturated rings. The van der Waals surface area contributed by atoms with Crippen molar-refractivity contribution in [3.05, 3.63) is 35.9 Å². The number of benzene rings is 1. The van der Waals surface area contributed by atoms with Crippen LogP contribution in [0.5, 0.6) is 0 Å². The molecule has 1 amide bonds. The second-order valence-corrected chi connectivity index (χ2v) is 5.36. The molecule has 7 heteroatoms. The van der Waals surface area contributed by atoms with E-state index in [1.807, 2.05) is 6.26 Å². The van der Waals surface area contributed by atoms with Crippen molar-refractivity contribution in [2.75, 3.05) is 12.0 Å². The standard InChI is InChI=1S/C13H16N2O3S2/c1-20-8-7-10(12(17)18)14-13(19)15-11(16)9-5-3-2-4-6-9/h2-6,10H,7-8H2,1H3,(H,17,18)(H2,14,15,16,19). The first-order valence-electron chi connectivity index (χ1n) is 5.93. The first-order chi connectivity index (χ1) is 9.54. The fourth-order valence-electron chi connectivity index (χ4n) is 1.45. The third kappa shape index (κ3) is 5.58. The normalized spacial score (nSPS) is 11.4. The average Bonchev–Trinajstić information content (AvgIpc) is 2.44. The highest BCUT2D eigenvalue weighted by Crippen LogP contribution is 2.01. The van der Waals surface area contributed by atoms with E-state index in [1.165, 1.54) is 0 Å². The number of carboxylic acids is 1. The Labute approximate surface area is 127 Å². The van der Waals surface area contributed by atoms with Gasteiger partial charge in [0.25, 0.3) is 5.91 Å². The van der Waals surface area contributed by atoms with Crippen molar-refractivity contribution in [2.24, 2.45) is 0 Å². The third-order valence-corrected chi connectivity index (χ3v) is 3.34. The molecule has 0 radical (unpaired) electrons. The van der Waals surface area contributed by atoms with Gasteiger partial charge < -0.3 is 10.4 Å². The Balaban J connectivity index is 2.53. The summed E-state index contributed by atoms with van der Waals surface area (Å²) in [5, 5.41) is 14.2. The summed E-state index contributed by atoms with van der Waals surface area (Å²) in [6, 6.07) is 7.79. The van der Waals surface area contributed by atoms with Crippen LogP contribution in [0.25, 0.3) is 0 Å². The molecule has 1 aromatic carbocycles. The van der Waals surface area contributed by atoms with E-state index in [4.69, 9.17) is 17.3 Å². The second kappa shape index (κ2) is 8.55. The average molecular weight is 312 g/mol. The molecule has 0 saturated carbocycles. The number of carboxylic acid groups (broad SMARTS) is 1. The topological polar surface area (TPSA) is 78.4 Å². The minimum Gasteiger partial charge on any atom is -0.480 e. The van der Waals surface area contributed by atoms with Crippen molar-refractivity contribution in [1.82, 2.24) is 10.6 Å². The van der Waals surface area contributed by atoms with Gasteiger partial charge in [-0.2, -0.15) is 11.8 Å². The van der Waals surface area contributed by atoms with E-state index in [-0.39, 0.29) is 11.0 Å². The number of carbonyl (C=O) groups is 2. The van der Waals surface area contributed by atoms with Crippen molar-refractivity contribution >= 4 is 41.0 Å². The molecule has 0 saturated heterocycles. The monoisotopic (exact) mass is 312 g/mol. The number of thiocarbonyl (C=S) groups is 1. The molecular formula is C13H16N2O3S2. The van der Waals surface area contributed by atoms with Crippen LogP contribution in [0.2, 0.25) is 0 Å². The number of thioether (sulfide) groups is 1. The van der Waals surface area contributed by atoms with Gasteiger partial charge in [-0.1, -0.05) is 18.2 Å². The van der Waals surface area contributed by atoms with Crippen LogP contribution in [0, 0.1) is 0 Å². The van der Waals surface area contributed by atoms with E-state index in [0.29, 0.717) is 17.7 Å². The van der Waals surface area contributed by atoms with Gasteiger partial charge in [0, 0.05) is 5.56 Å². The van der Waals surface area contributed by atoms with Crippen molar-refractivity contribution in [3.8, 4) is 0 Å². The zero-order valence-corrected chi connectivity index (χ0v) is 12.6. The predicted molar refractivity (Wildman–Crippen MR) is 84.1 cm³/mol. The summed E-state index contributed by atoms with van der Waals surface area (Å²) in [7, 11) is 0. The summed E-state index contributed by atoms with van der Waals surface area (Å²) >= 11 is 6.51. The van der Waals surface area contributed by atoms with Crippen LogP contribution in [-0.2, 0) is 4.79 Å². The van der Waals surface area contributed by atoms with Crippen molar-refractivity contribution in [2.45, 2.75) is 12.5 Å². The molecule has 0 spiro atoms. The zero-order chi connectivity index (χ0) is 15.0. The maximum atomic E-state index is 11.8. The fraction of sp³-hybridized carbons (Fsp3) is 0.308. The van der Waals surface area contributed by atoms with Crippen LogP contribution in [0.4, 0.5) is 0 Å². The Morgan fingerprint density at radius 2 is 2.00 bits per heavy atom. The number of hydrogen-bond acceptors (Lipinski definition) is 4. The van der Waals surface area contributed by atoms with Crippen LogP contribution >= 0.6 is 24.0 Å². The van der Waals surface area contributed by atoms with Crippen molar-refractivity contribution < 1.29 is 14.7 Å². The van der Waals surface area contributed by atoms with Crippen LogP contribution in [-0.4, -0.2) is 40.1 Å². The lowest BCUT2D eigenvalue weighted by molar-refractivity contribution is -0.139. The van der Waals surface area contributed by atoms with Crippen LogP contribution in [0.1, 0.15) is 16.8 Å². The number of hydrogen-bond donors (Lipinski definition) is 3. The molecule has 0 aliphatic heterocycles. The molecule has 1 unspecified atom stereocenters. The Hall–Kier alpha value is -1.60. The Morgan fingerprint density at radius 3 is 2.55 bits per heavy atom. The third-order valence-electron chi connectivity index (χ3n) is 2.48. The molecule has 1 atom stereocenters. The summed E-state index contributed by atoms with van der Waals surface area (Å²) in [5.41, 5.74) is 0.465. The van der Waals surface area contributed by atoms with E-state index in [2.05, 4.69) is 10.6 Å². The van der Waals surface area contributed by atoms with Gasteiger partial charge in [-0.25, -0.2) is 4.79 Å².